The maximum atomic E-state index is 13.8. The predicted molar refractivity (Wildman–Crippen MR) is 114 cm³/mol. The third-order valence-electron chi connectivity index (χ3n) is 5.09. The molecule has 1 aliphatic rings. The van der Waals surface area contributed by atoms with Crippen molar-refractivity contribution in [3.8, 4) is 11.8 Å². The van der Waals surface area contributed by atoms with Gasteiger partial charge in [-0.15, -0.1) is 0 Å². The first-order valence-corrected chi connectivity index (χ1v) is 9.75. The van der Waals surface area contributed by atoms with Crippen molar-refractivity contribution in [3.05, 3.63) is 44.7 Å². The molecule has 7 nitrogen and oxygen atoms in total. The minimum atomic E-state index is -4.58. The average molecular weight is 435 g/mol. The number of alkyl halides is 3. The average Bonchev–Trinajstić information content (AvgIpc) is 2.73. The summed E-state index contributed by atoms with van der Waals surface area (Å²) in [4.78, 5) is 24.0. The molecule has 0 aliphatic carbocycles. The second-order valence-electron chi connectivity index (χ2n) is 7.20. The van der Waals surface area contributed by atoms with Gasteiger partial charge < -0.3 is 15.0 Å². The van der Waals surface area contributed by atoms with Gasteiger partial charge >= 0.3 is 12.2 Å². The lowest BCUT2D eigenvalue weighted by Gasteiger charge is -2.34. The number of hydrogen-bond acceptors (Lipinski definition) is 6. The third kappa shape index (κ3) is 5.32. The molecule has 0 amide bonds. The fourth-order valence-electron chi connectivity index (χ4n) is 3.46. The van der Waals surface area contributed by atoms with Crippen molar-refractivity contribution in [1.82, 2.24) is 15.3 Å². The highest BCUT2D eigenvalue weighted by molar-refractivity contribution is 5.90. The smallest absolute Gasteiger partial charge is 0.418 e. The normalized spacial score (nSPS) is 17.8. The molecule has 10 heteroatoms. The lowest BCUT2D eigenvalue weighted by molar-refractivity contribution is -0.137. The molecule has 166 valence electrons. The van der Waals surface area contributed by atoms with Gasteiger partial charge in [0, 0.05) is 38.6 Å². The summed E-state index contributed by atoms with van der Waals surface area (Å²) >= 11 is 0. The summed E-state index contributed by atoms with van der Waals surface area (Å²) in [6.45, 7) is 5.17. The Kier molecular flexibility index (Phi) is 6.79. The van der Waals surface area contributed by atoms with E-state index in [9.17, 15) is 18.0 Å². The van der Waals surface area contributed by atoms with Crippen molar-refractivity contribution in [2.24, 2.45) is 4.99 Å². The molecule has 0 spiro atoms. The van der Waals surface area contributed by atoms with E-state index in [0.29, 0.717) is 6.54 Å². The number of aromatic amines is 1. The van der Waals surface area contributed by atoms with Gasteiger partial charge in [-0.25, -0.2) is 0 Å². The number of anilines is 1. The number of benzene rings is 1. The number of H-pyrrole nitrogens is 1. The van der Waals surface area contributed by atoms with Crippen molar-refractivity contribution in [1.29, 1.82) is 0 Å². The first kappa shape index (κ1) is 22.5. The molecule has 1 unspecified atom stereocenters. The number of piperidine rings is 1. The Hall–Kier alpha value is -3.14. The number of aliphatic imine (C=N–C) groups is 1. The highest BCUT2D eigenvalue weighted by atomic mass is 19.4. The molecule has 0 radical (unpaired) electrons. The van der Waals surface area contributed by atoms with Gasteiger partial charge in [0.15, 0.2) is 0 Å². The van der Waals surface area contributed by atoms with E-state index >= 15 is 0 Å². The summed E-state index contributed by atoms with van der Waals surface area (Å²) in [6, 6.07) is 3.42. The van der Waals surface area contributed by atoms with E-state index in [-0.39, 0.29) is 34.1 Å². The summed E-state index contributed by atoms with van der Waals surface area (Å²) in [6.07, 6.45) is -0.0235. The van der Waals surface area contributed by atoms with Gasteiger partial charge in [0.2, 0.25) is 0 Å². The van der Waals surface area contributed by atoms with Crippen LogP contribution in [0.15, 0.2) is 28.0 Å². The number of likely N-dealkylation sites (N-methyl/N-ethyl adjacent to an activating group) is 1. The quantitative estimate of drug-likeness (QED) is 0.699. The lowest BCUT2D eigenvalue weighted by Crippen LogP contribution is -2.44. The van der Waals surface area contributed by atoms with E-state index in [1.807, 2.05) is 0 Å². The van der Waals surface area contributed by atoms with Gasteiger partial charge in [0.25, 0.3) is 5.56 Å². The van der Waals surface area contributed by atoms with Crippen LogP contribution in [-0.2, 0) is 6.18 Å². The number of rotatable bonds is 5. The first-order valence-electron chi connectivity index (χ1n) is 9.75. The monoisotopic (exact) mass is 435 g/mol. The minimum absolute atomic E-state index is 0.0381. The van der Waals surface area contributed by atoms with Crippen LogP contribution in [0, 0.1) is 0 Å². The van der Waals surface area contributed by atoms with Crippen LogP contribution in [-0.4, -0.2) is 49.4 Å². The molecule has 2 heterocycles. The Morgan fingerprint density at radius 2 is 2.16 bits per heavy atom. The summed E-state index contributed by atoms with van der Waals surface area (Å²) in [5.41, 5.74) is -1.29. The molecule has 1 fully saturated rings. The fourth-order valence-corrected chi connectivity index (χ4v) is 3.46. The first-order chi connectivity index (χ1) is 14.7. The molecular weight excluding hydrogens is 411 g/mol. The zero-order valence-electron chi connectivity index (χ0n) is 17.3. The van der Waals surface area contributed by atoms with Gasteiger partial charge in [0.05, 0.1) is 16.1 Å². The molecule has 2 N–H and O–H groups in total. The summed E-state index contributed by atoms with van der Waals surface area (Å²) < 4.78 is 46.8. The van der Waals surface area contributed by atoms with Crippen LogP contribution in [0.25, 0.3) is 12.7 Å². The molecule has 2 aromatic rings. The second-order valence-corrected chi connectivity index (χ2v) is 7.20. The van der Waals surface area contributed by atoms with Gasteiger partial charge in [-0.3, -0.25) is 14.8 Å². The molecule has 1 aromatic carbocycles. The Morgan fingerprint density at radius 3 is 2.77 bits per heavy atom. The van der Waals surface area contributed by atoms with E-state index < -0.39 is 17.3 Å². The highest BCUT2D eigenvalue weighted by Crippen LogP contribution is 2.39. The van der Waals surface area contributed by atoms with Gasteiger partial charge in [0.1, 0.15) is 5.75 Å². The molecular formula is C21H24F3N5O2. The Balaban J connectivity index is 1.95. The number of halogens is 3. The predicted octanol–water partition coefficient (Wildman–Crippen LogP) is 1.66. The van der Waals surface area contributed by atoms with Crippen LogP contribution in [0.4, 0.5) is 18.9 Å². The Bertz CT molecular complexity index is 1090. The van der Waals surface area contributed by atoms with Crippen LogP contribution in [0.5, 0.6) is 11.8 Å². The summed E-state index contributed by atoms with van der Waals surface area (Å²) in [5.74, 6) is -0.0966. The number of ether oxygens (including phenoxy) is 1. The molecule has 1 atom stereocenters. The standard InChI is InChI=1S/C21H24F3N5O2/c1-13-16(8-10-25-2)19(30)28-20(27-13)31-15-6-7-18(17(11-15)21(22,23)24)29(3)14-5-4-9-26-12-14/h6-8,10-11,14,26H,1,4-5,9,12H2,2-3H3,(H,27,28,30)/b16-8+,25-10?. The van der Waals surface area contributed by atoms with E-state index in [1.165, 1.54) is 24.4 Å². The van der Waals surface area contributed by atoms with Crippen LogP contribution < -0.4 is 31.1 Å². The largest absolute Gasteiger partial charge is 0.426 e. The summed E-state index contributed by atoms with van der Waals surface area (Å²) in [5, 5.41) is 3.52. The highest BCUT2D eigenvalue weighted by Gasteiger charge is 2.36. The van der Waals surface area contributed by atoms with Crippen molar-refractivity contribution in [2.75, 3.05) is 32.1 Å². The van der Waals surface area contributed by atoms with Gasteiger partial charge in [-0.05, 0) is 43.7 Å². The molecule has 31 heavy (non-hydrogen) atoms. The van der Waals surface area contributed by atoms with Gasteiger partial charge in [-0.2, -0.15) is 18.2 Å². The van der Waals surface area contributed by atoms with E-state index in [4.69, 9.17) is 4.74 Å². The van der Waals surface area contributed by atoms with Crippen LogP contribution in [0.1, 0.15) is 18.4 Å². The molecule has 1 saturated heterocycles. The van der Waals surface area contributed by atoms with Crippen molar-refractivity contribution < 1.29 is 17.9 Å². The minimum Gasteiger partial charge on any atom is -0.426 e. The van der Waals surface area contributed by atoms with Crippen molar-refractivity contribution in [2.45, 2.75) is 25.1 Å². The molecule has 1 aromatic heterocycles. The maximum Gasteiger partial charge on any atom is 0.418 e. The molecule has 3 rings (SSSR count). The van der Waals surface area contributed by atoms with Crippen LogP contribution >= 0.6 is 0 Å². The molecule has 0 bridgehead atoms. The van der Waals surface area contributed by atoms with Crippen molar-refractivity contribution >= 4 is 24.6 Å². The molecule has 1 aliphatic heterocycles. The number of nitrogens with one attached hydrogen (secondary N) is 2. The van der Waals surface area contributed by atoms with Crippen LogP contribution in [0.2, 0.25) is 0 Å². The molecule has 0 saturated carbocycles. The maximum absolute atomic E-state index is 13.8. The third-order valence-corrected chi connectivity index (χ3v) is 5.09. The van der Waals surface area contributed by atoms with Crippen molar-refractivity contribution in [3.63, 3.8) is 0 Å². The van der Waals surface area contributed by atoms with E-state index in [1.54, 1.807) is 19.0 Å². The summed E-state index contributed by atoms with van der Waals surface area (Å²) in [7, 11) is 3.20. The zero-order valence-corrected chi connectivity index (χ0v) is 17.3. The lowest BCUT2D eigenvalue weighted by atomic mass is 10.0. The van der Waals surface area contributed by atoms with Crippen LogP contribution in [0.3, 0.4) is 0 Å². The fraction of sp³-hybridized carbons (Fsp3) is 0.381. The topological polar surface area (TPSA) is 82.6 Å². The second kappa shape index (κ2) is 9.34. The number of nitrogens with zero attached hydrogens (tertiary/aromatic N) is 3. The van der Waals surface area contributed by atoms with E-state index in [2.05, 4.69) is 26.9 Å². The SMILES string of the molecule is C=c1nc(Oc2ccc(N(C)C3CCCNC3)c(C(F)(F)F)c2)[nH]c(=O)/c1=C/C=NC. The van der Waals surface area contributed by atoms with Gasteiger partial charge in [-0.1, -0.05) is 6.58 Å². The Morgan fingerprint density at radius 1 is 1.39 bits per heavy atom. The number of hydrogen-bond donors (Lipinski definition) is 2. The Labute approximate surface area is 177 Å². The van der Waals surface area contributed by atoms with E-state index in [0.717, 1.165) is 25.5 Å². The zero-order chi connectivity index (χ0) is 22.6. The number of aromatic nitrogens is 2.